The zero-order valence-corrected chi connectivity index (χ0v) is 15.4. The summed E-state index contributed by atoms with van der Waals surface area (Å²) < 4.78 is 2.04. The second-order valence-corrected chi connectivity index (χ2v) is 7.92. The monoisotopic (exact) mass is 360 g/mol. The van der Waals surface area contributed by atoms with Gasteiger partial charge in [0.05, 0.1) is 11.0 Å². The van der Waals surface area contributed by atoms with Crippen molar-refractivity contribution in [2.24, 2.45) is 0 Å². The number of fused-ring (bicyclic) bond motifs is 2. The van der Waals surface area contributed by atoms with Crippen molar-refractivity contribution in [1.29, 1.82) is 0 Å². The van der Waals surface area contributed by atoms with Gasteiger partial charge in [0, 0.05) is 22.9 Å². The molecule has 2 fully saturated rings. The van der Waals surface area contributed by atoms with E-state index in [0.717, 1.165) is 36.7 Å². The van der Waals surface area contributed by atoms with Gasteiger partial charge in [0.1, 0.15) is 6.54 Å². The molecule has 138 valence electrons. The Hall–Kier alpha value is -2.62. The number of benzene rings is 2. The minimum atomic E-state index is 0.0414. The Balaban J connectivity index is 1.62. The summed E-state index contributed by atoms with van der Waals surface area (Å²) in [6.07, 6.45) is 6.99. The second kappa shape index (κ2) is 6.52. The average molecular weight is 360 g/mol. The van der Waals surface area contributed by atoms with Gasteiger partial charge in [0.25, 0.3) is 0 Å². The van der Waals surface area contributed by atoms with Crippen molar-refractivity contribution >= 4 is 27.7 Å². The lowest BCUT2D eigenvalue weighted by Crippen LogP contribution is -2.42. The normalized spacial score (nSPS) is 17.6. The number of nitrogens with zero attached hydrogens (tertiary/aromatic N) is 2. The summed E-state index contributed by atoms with van der Waals surface area (Å²) in [7, 11) is 0. The molecule has 1 aromatic heterocycles. The fourth-order valence-corrected chi connectivity index (χ4v) is 4.70. The van der Waals surface area contributed by atoms with Gasteiger partial charge < -0.3 is 9.47 Å². The number of aromatic nitrogens is 1. The van der Waals surface area contributed by atoms with Crippen LogP contribution in [0.1, 0.15) is 38.5 Å². The molecule has 2 aliphatic rings. The van der Waals surface area contributed by atoms with E-state index in [-0.39, 0.29) is 11.3 Å². The number of hydrogen-bond acceptors (Lipinski definition) is 2. The van der Waals surface area contributed by atoms with Crippen LogP contribution >= 0.6 is 0 Å². The molecule has 27 heavy (non-hydrogen) atoms. The lowest BCUT2D eigenvalue weighted by atomic mass is 10.1. The Kier molecular flexibility index (Phi) is 4.00. The number of carbonyl (C=O) groups is 1. The third-order valence-corrected chi connectivity index (χ3v) is 6.12. The number of hydrogen-bond donors (Lipinski definition) is 0. The summed E-state index contributed by atoms with van der Waals surface area (Å²) in [5, 5.41) is 1.37. The van der Waals surface area contributed by atoms with Crippen molar-refractivity contribution in [3.8, 4) is 0 Å². The van der Waals surface area contributed by atoms with Gasteiger partial charge in [-0.2, -0.15) is 0 Å². The first-order valence-electron chi connectivity index (χ1n) is 10.1. The number of rotatable bonds is 4. The van der Waals surface area contributed by atoms with Crippen molar-refractivity contribution in [3.63, 3.8) is 0 Å². The predicted octanol–water partition coefficient (Wildman–Crippen LogP) is 4.09. The van der Waals surface area contributed by atoms with E-state index in [2.05, 4.69) is 4.90 Å². The maximum Gasteiger partial charge on any atom is 0.243 e. The summed E-state index contributed by atoms with van der Waals surface area (Å²) >= 11 is 0. The maximum absolute atomic E-state index is 13.4. The van der Waals surface area contributed by atoms with E-state index < -0.39 is 0 Å². The van der Waals surface area contributed by atoms with Crippen LogP contribution in [0.25, 0.3) is 21.8 Å². The molecule has 0 radical (unpaired) electrons. The minimum Gasteiger partial charge on any atom is -0.335 e. The maximum atomic E-state index is 13.4. The topological polar surface area (TPSA) is 42.3 Å². The molecule has 0 bridgehead atoms. The van der Waals surface area contributed by atoms with E-state index in [1.165, 1.54) is 12.8 Å². The van der Waals surface area contributed by atoms with Crippen LogP contribution < -0.4 is 5.43 Å². The predicted molar refractivity (Wildman–Crippen MR) is 108 cm³/mol. The van der Waals surface area contributed by atoms with Crippen LogP contribution in [0.2, 0.25) is 0 Å². The van der Waals surface area contributed by atoms with Gasteiger partial charge in [-0.1, -0.05) is 37.1 Å². The highest BCUT2D eigenvalue weighted by atomic mass is 16.2. The van der Waals surface area contributed by atoms with E-state index in [1.54, 1.807) is 0 Å². The first-order chi connectivity index (χ1) is 13.2. The molecule has 4 heteroatoms. The van der Waals surface area contributed by atoms with E-state index >= 15 is 0 Å². The molecule has 0 atom stereocenters. The Morgan fingerprint density at radius 1 is 0.852 bits per heavy atom. The molecule has 0 saturated heterocycles. The van der Waals surface area contributed by atoms with Crippen LogP contribution in [-0.2, 0) is 11.3 Å². The molecule has 0 N–H and O–H groups in total. The van der Waals surface area contributed by atoms with E-state index in [4.69, 9.17) is 0 Å². The van der Waals surface area contributed by atoms with E-state index in [1.807, 2.05) is 53.1 Å². The number of amides is 1. The Morgan fingerprint density at radius 3 is 1.93 bits per heavy atom. The van der Waals surface area contributed by atoms with E-state index in [9.17, 15) is 9.59 Å². The Morgan fingerprint density at radius 2 is 1.37 bits per heavy atom. The molecule has 2 aromatic carbocycles. The second-order valence-electron chi connectivity index (χ2n) is 7.92. The molecular formula is C23H24N2O2. The third-order valence-electron chi connectivity index (χ3n) is 6.12. The molecule has 5 rings (SSSR count). The molecule has 0 unspecified atom stereocenters. The third kappa shape index (κ3) is 2.84. The number of pyridine rings is 1. The quantitative estimate of drug-likeness (QED) is 0.658. The van der Waals surface area contributed by atoms with Crippen molar-refractivity contribution in [2.75, 3.05) is 0 Å². The van der Waals surface area contributed by atoms with Gasteiger partial charge in [-0.05, 0) is 49.9 Å². The number of carbonyl (C=O) groups excluding carboxylic acids is 1. The largest absolute Gasteiger partial charge is 0.335 e. The van der Waals surface area contributed by atoms with Crippen LogP contribution in [0.15, 0.2) is 53.3 Å². The first-order valence-corrected chi connectivity index (χ1v) is 10.1. The molecule has 0 spiro atoms. The molecule has 3 aromatic rings. The summed E-state index contributed by atoms with van der Waals surface area (Å²) in [5.41, 5.74) is 1.73. The molecule has 2 saturated carbocycles. The van der Waals surface area contributed by atoms with Crippen molar-refractivity contribution < 1.29 is 4.79 Å². The van der Waals surface area contributed by atoms with Gasteiger partial charge in [-0.25, -0.2) is 0 Å². The van der Waals surface area contributed by atoms with Gasteiger partial charge in [-0.15, -0.1) is 0 Å². The zero-order chi connectivity index (χ0) is 18.4. The number of para-hydroxylation sites is 2. The summed E-state index contributed by atoms with van der Waals surface area (Å²) in [6.45, 7) is 0.300. The standard InChI is InChI=1S/C23H24N2O2/c26-22(25(17-13-14-17)16-7-1-2-8-16)15-24-20-11-5-3-9-18(20)23(27)19-10-4-6-12-21(19)24/h3-6,9-12,16-17H,1-2,7-8,13-15H2. The minimum absolute atomic E-state index is 0.0414. The van der Waals surface area contributed by atoms with Crippen LogP contribution in [0.3, 0.4) is 0 Å². The van der Waals surface area contributed by atoms with Crippen LogP contribution in [0, 0.1) is 0 Å². The first kappa shape index (κ1) is 16.5. The van der Waals surface area contributed by atoms with Crippen molar-refractivity contribution in [1.82, 2.24) is 9.47 Å². The Bertz CT molecular complexity index is 1010. The van der Waals surface area contributed by atoms with Crippen LogP contribution in [0.5, 0.6) is 0 Å². The lowest BCUT2D eigenvalue weighted by molar-refractivity contribution is -0.134. The fraction of sp³-hybridized carbons (Fsp3) is 0.391. The summed E-state index contributed by atoms with van der Waals surface area (Å²) in [4.78, 5) is 28.4. The van der Waals surface area contributed by atoms with Crippen molar-refractivity contribution in [2.45, 2.75) is 57.2 Å². The highest BCUT2D eigenvalue weighted by Gasteiger charge is 2.38. The average Bonchev–Trinajstić information content (AvgIpc) is 3.38. The summed E-state index contributed by atoms with van der Waals surface area (Å²) in [5.74, 6) is 0.198. The lowest BCUT2D eigenvalue weighted by Gasteiger charge is -2.30. The molecule has 0 aliphatic heterocycles. The summed E-state index contributed by atoms with van der Waals surface area (Å²) in [6, 6.07) is 16.1. The van der Waals surface area contributed by atoms with Gasteiger partial charge in [0.2, 0.25) is 5.91 Å². The molecule has 1 heterocycles. The van der Waals surface area contributed by atoms with Gasteiger partial charge in [0.15, 0.2) is 5.43 Å². The van der Waals surface area contributed by atoms with E-state index in [0.29, 0.717) is 29.4 Å². The smallest absolute Gasteiger partial charge is 0.243 e. The Labute approximate surface area is 158 Å². The molecular weight excluding hydrogens is 336 g/mol. The molecule has 1 amide bonds. The highest BCUT2D eigenvalue weighted by Crippen LogP contribution is 2.35. The van der Waals surface area contributed by atoms with Crippen molar-refractivity contribution in [3.05, 3.63) is 58.8 Å². The van der Waals surface area contributed by atoms with Crippen LogP contribution in [0.4, 0.5) is 0 Å². The zero-order valence-electron chi connectivity index (χ0n) is 15.4. The SMILES string of the molecule is O=C(Cn1c2ccccc2c(=O)c2ccccc21)N(C1CCCC1)C1CC1. The molecule has 2 aliphatic carbocycles. The highest BCUT2D eigenvalue weighted by molar-refractivity contribution is 5.95. The fourth-order valence-electron chi connectivity index (χ4n) is 4.70. The van der Waals surface area contributed by atoms with Gasteiger partial charge >= 0.3 is 0 Å². The van der Waals surface area contributed by atoms with Gasteiger partial charge in [-0.3, -0.25) is 9.59 Å². The molecule has 4 nitrogen and oxygen atoms in total. The van der Waals surface area contributed by atoms with Crippen LogP contribution in [-0.4, -0.2) is 27.5 Å².